The minimum atomic E-state index is -1.26. The molecule has 4 atom stereocenters. The van der Waals surface area contributed by atoms with Gasteiger partial charge in [0.1, 0.15) is 17.8 Å². The van der Waals surface area contributed by atoms with Gasteiger partial charge in [0.05, 0.1) is 60.5 Å². The molecule has 0 amide bonds. The number of carbonyl (C=O) groups is 4. The van der Waals surface area contributed by atoms with Crippen molar-refractivity contribution in [3.8, 4) is 11.5 Å². The molecule has 0 fully saturated rings. The first-order chi connectivity index (χ1) is 25.7. The van der Waals surface area contributed by atoms with E-state index in [-0.39, 0.29) is 61.0 Å². The predicted molar refractivity (Wildman–Crippen MR) is 185 cm³/mol. The first kappa shape index (κ1) is 46.8. The van der Waals surface area contributed by atoms with Crippen molar-refractivity contribution < 1.29 is 67.2 Å². The van der Waals surface area contributed by atoms with Crippen LogP contribution in [0.5, 0.6) is 11.5 Å². The van der Waals surface area contributed by atoms with Gasteiger partial charge in [0.15, 0.2) is 6.04 Å². The standard InChI is InChI=1S/C14H15N3O4.3C6H9N3O2.Cr/c18-11-2-1-9(13(19)6-11)3-4-16-12(14(20)21)5-10-7-15-8-17-10;3*7-5(6(10)11)1-4-2-8-3-9-4;/h1-2,4,6,8,12,18-19H,3,5,7H2,(H,20,21);3*2-3,5H,1,7H2,(H,8,9)(H,10,11);/q;;;;+3/p-3/t12-;3*5-;/m0000./s1. The number of imidazole rings is 3. The predicted octanol–water partition coefficient (Wildman–Crippen LogP) is -4.88. The summed E-state index contributed by atoms with van der Waals surface area (Å²) in [5, 5.41) is 58.4. The minimum Gasteiger partial charge on any atom is -0.548 e. The quantitative estimate of drug-likeness (QED) is 0.0509. The molecule has 12 N–H and O–H groups in total. The molecule has 0 saturated heterocycles. The van der Waals surface area contributed by atoms with Crippen LogP contribution in [0.3, 0.4) is 0 Å². The van der Waals surface area contributed by atoms with E-state index in [0.717, 1.165) is 0 Å². The number of phenols is 2. The van der Waals surface area contributed by atoms with E-state index in [4.69, 9.17) is 22.3 Å². The molecule has 4 heterocycles. The van der Waals surface area contributed by atoms with E-state index in [1.165, 1.54) is 43.7 Å². The van der Waals surface area contributed by atoms with Gasteiger partial charge in [0.25, 0.3) is 0 Å². The Hall–Kier alpha value is -6.25. The number of benzene rings is 1. The maximum Gasteiger partial charge on any atom is 3.00 e. The second-order valence-corrected chi connectivity index (χ2v) is 11.1. The van der Waals surface area contributed by atoms with Gasteiger partial charge in [-0.3, -0.25) is 9.98 Å². The number of carbonyl (C=O) groups excluding carboxylic acids is 3. The number of phenolic OH excluding ortho intramolecular Hbond substituents is 2. The normalized spacial score (nSPS) is 13.5. The second-order valence-electron chi connectivity index (χ2n) is 11.1. The molecule has 1 radical (unpaired) electrons. The Balaban J connectivity index is 0.000000384. The van der Waals surface area contributed by atoms with Gasteiger partial charge in [-0.25, -0.2) is 24.7 Å². The number of nitrogens with two attached hydrogens (primary N) is 3. The van der Waals surface area contributed by atoms with Gasteiger partial charge in [-0.2, -0.15) is 0 Å². The largest absolute Gasteiger partial charge is 3.00 e. The Labute approximate surface area is 323 Å². The smallest absolute Gasteiger partial charge is 0.548 e. The molecule has 0 saturated carbocycles. The fourth-order valence-corrected chi connectivity index (χ4v) is 3.99. The Morgan fingerprint density at radius 1 is 0.782 bits per heavy atom. The van der Waals surface area contributed by atoms with E-state index in [0.29, 0.717) is 34.9 Å². The summed E-state index contributed by atoms with van der Waals surface area (Å²) < 4.78 is 0. The van der Waals surface area contributed by atoms with E-state index < -0.39 is 48.0 Å². The maximum absolute atomic E-state index is 11.1. The number of aromatic nitrogens is 6. The average molecular weight is 804 g/mol. The second kappa shape index (κ2) is 24.9. The van der Waals surface area contributed by atoms with Crippen LogP contribution in [0.25, 0.3) is 0 Å². The average Bonchev–Trinajstić information content (AvgIpc) is 3.96. The van der Waals surface area contributed by atoms with Crippen molar-refractivity contribution in [1.29, 1.82) is 0 Å². The van der Waals surface area contributed by atoms with E-state index >= 15 is 0 Å². The summed E-state index contributed by atoms with van der Waals surface area (Å²) in [6.45, 7) is 0.415. The zero-order chi connectivity index (χ0) is 40.0. The Kier molecular flexibility index (Phi) is 21.2. The third kappa shape index (κ3) is 18.9. The van der Waals surface area contributed by atoms with Crippen molar-refractivity contribution in [3.63, 3.8) is 0 Å². The van der Waals surface area contributed by atoms with Gasteiger partial charge in [-0.1, -0.05) is 6.07 Å². The molecule has 0 aliphatic carbocycles. The van der Waals surface area contributed by atoms with Crippen LogP contribution < -0.4 is 32.5 Å². The van der Waals surface area contributed by atoms with Crippen molar-refractivity contribution >= 4 is 42.1 Å². The number of hydrogen-bond donors (Lipinski definition) is 9. The van der Waals surface area contributed by atoms with Crippen LogP contribution in [0.1, 0.15) is 29.1 Å². The fraction of sp³-hybridized carbons (Fsp3) is 0.312. The Morgan fingerprint density at radius 2 is 1.24 bits per heavy atom. The molecule has 1 aromatic carbocycles. The molecular formula is C32H39CrN12O10. The number of nitrogens with zero attached hydrogens (tertiary/aromatic N) is 6. The van der Waals surface area contributed by atoms with Gasteiger partial charge < -0.3 is 77.2 Å². The molecule has 293 valence electrons. The van der Waals surface area contributed by atoms with Crippen molar-refractivity contribution in [2.75, 3.05) is 6.54 Å². The van der Waals surface area contributed by atoms with Gasteiger partial charge in [-0.05, 0) is 11.6 Å². The molecule has 4 aromatic rings. The summed E-state index contributed by atoms with van der Waals surface area (Å²) in [6, 6.07) is 0.394. The molecule has 0 unspecified atom stereocenters. The maximum atomic E-state index is 11.1. The molecular weight excluding hydrogens is 764 g/mol. The van der Waals surface area contributed by atoms with Crippen LogP contribution in [-0.4, -0.2) is 118 Å². The van der Waals surface area contributed by atoms with E-state index in [1.807, 2.05) is 0 Å². The van der Waals surface area contributed by atoms with Crippen LogP contribution in [0.2, 0.25) is 0 Å². The van der Waals surface area contributed by atoms with E-state index in [2.05, 4.69) is 44.9 Å². The van der Waals surface area contributed by atoms with Crippen LogP contribution in [0.4, 0.5) is 0 Å². The molecule has 23 heteroatoms. The zero-order valence-electron chi connectivity index (χ0n) is 28.9. The molecule has 1 aliphatic rings. The fourth-order valence-electron chi connectivity index (χ4n) is 3.99. The van der Waals surface area contributed by atoms with Crippen molar-refractivity contribution in [3.05, 3.63) is 78.4 Å². The topological polar surface area (TPSA) is 399 Å². The minimum absolute atomic E-state index is 0. The molecule has 1 aliphatic heterocycles. The van der Waals surface area contributed by atoms with Crippen molar-refractivity contribution in [2.45, 2.75) is 56.3 Å². The number of nitrogens with one attached hydrogen (secondary N) is 3. The number of aliphatic carboxylic acids is 4. The summed E-state index contributed by atoms with van der Waals surface area (Å²) in [4.78, 5) is 73.0. The summed E-state index contributed by atoms with van der Waals surface area (Å²) in [7, 11) is 0. The van der Waals surface area contributed by atoms with Crippen molar-refractivity contribution in [1.82, 2.24) is 29.9 Å². The monoisotopic (exact) mass is 803 g/mol. The molecule has 22 nitrogen and oxygen atoms in total. The molecule has 3 aromatic heterocycles. The van der Waals surface area contributed by atoms with Gasteiger partial charge in [-0.15, -0.1) is 0 Å². The SMILES string of the molecule is N[C@@H](Cc1c[nH]cn1)C(=O)[O-].N[C@@H](Cc1c[nH]cn1)C(=O)[O-].N[C@@H](Cc1c[nH]cn1)C(=O)[O-].O=C(O)[C@H](CC1=NC=NC1)N=CCc1ccc(O)cc1O.[Cr+3]. The number of aromatic hydroxyl groups is 2. The molecule has 0 spiro atoms. The number of carboxylic acid groups (broad SMARTS) is 4. The summed E-state index contributed by atoms with van der Waals surface area (Å²) >= 11 is 0. The van der Waals surface area contributed by atoms with Gasteiger partial charge >= 0.3 is 23.3 Å². The number of aromatic amines is 3. The number of H-pyrrole nitrogens is 3. The van der Waals surface area contributed by atoms with Crippen LogP contribution >= 0.6 is 0 Å². The number of aliphatic imine (C=N–C) groups is 3. The molecule has 0 bridgehead atoms. The molecule has 5 rings (SSSR count). The Morgan fingerprint density at radius 3 is 1.56 bits per heavy atom. The third-order valence-corrected chi connectivity index (χ3v) is 6.84. The van der Waals surface area contributed by atoms with Crippen molar-refractivity contribution in [2.24, 2.45) is 32.2 Å². The third-order valence-electron chi connectivity index (χ3n) is 6.84. The first-order valence-electron chi connectivity index (χ1n) is 15.8. The van der Waals surface area contributed by atoms with Gasteiger partial charge in [0, 0.05) is 86.8 Å². The summed E-state index contributed by atoms with van der Waals surface area (Å²) in [6.07, 6.45) is 13.2. The van der Waals surface area contributed by atoms with Gasteiger partial charge in [0.2, 0.25) is 0 Å². The number of carboxylic acids is 4. The Bertz CT molecular complexity index is 1710. The van der Waals surface area contributed by atoms with Crippen LogP contribution in [-0.2, 0) is 62.2 Å². The van der Waals surface area contributed by atoms with E-state index in [1.54, 1.807) is 24.7 Å². The van der Waals surface area contributed by atoms with Crippen LogP contribution in [0.15, 0.2) is 70.7 Å². The number of rotatable bonds is 15. The van der Waals surface area contributed by atoms with Crippen LogP contribution in [0, 0.1) is 0 Å². The summed E-state index contributed by atoms with van der Waals surface area (Å²) in [5.41, 5.74) is 18.7. The first-order valence-corrected chi connectivity index (χ1v) is 15.8. The summed E-state index contributed by atoms with van der Waals surface area (Å²) in [5.74, 6) is -4.89. The molecule has 55 heavy (non-hydrogen) atoms. The number of hydrogen-bond acceptors (Lipinski definition) is 18. The van der Waals surface area contributed by atoms with E-state index in [9.17, 15) is 44.7 Å². The zero-order valence-corrected chi connectivity index (χ0v) is 30.2.